The lowest BCUT2D eigenvalue weighted by Crippen LogP contribution is -2.38. The number of benzene rings is 1. The minimum Gasteiger partial charge on any atom is -0.445 e. The average molecular weight is 302 g/mol. The summed E-state index contributed by atoms with van der Waals surface area (Å²) in [5.74, 6) is 0. The summed E-state index contributed by atoms with van der Waals surface area (Å²) < 4.78 is 5.78. The Morgan fingerprint density at radius 3 is 2.73 bits per heavy atom. The van der Waals surface area contributed by atoms with Gasteiger partial charge in [0.25, 0.3) is 0 Å². The molecular weight excluding hydrogens is 276 g/mol. The highest BCUT2D eigenvalue weighted by Crippen LogP contribution is 2.24. The Kier molecular flexibility index (Phi) is 4.67. The molecule has 4 heteroatoms. The third-order valence-electron chi connectivity index (χ3n) is 5.02. The number of fused-ring (bicyclic) bond motifs is 1. The fourth-order valence-electron chi connectivity index (χ4n) is 3.70. The molecule has 2 atom stereocenters. The number of hydrogen-bond acceptors (Lipinski definition) is 3. The normalized spacial score (nSPS) is 25.1. The van der Waals surface area contributed by atoms with Crippen LogP contribution in [0.15, 0.2) is 24.3 Å². The molecule has 0 aromatic heterocycles. The summed E-state index contributed by atoms with van der Waals surface area (Å²) in [4.78, 5) is 16.7. The van der Waals surface area contributed by atoms with Crippen molar-refractivity contribution in [1.29, 1.82) is 0 Å². The molecule has 0 radical (unpaired) electrons. The molecule has 3 rings (SSSR count). The maximum absolute atomic E-state index is 12.4. The van der Waals surface area contributed by atoms with E-state index in [0.717, 1.165) is 38.9 Å². The molecule has 2 aliphatic heterocycles. The van der Waals surface area contributed by atoms with Crippen LogP contribution in [0, 0.1) is 0 Å². The molecule has 0 saturated carbocycles. The highest BCUT2D eigenvalue weighted by Gasteiger charge is 2.33. The Balaban J connectivity index is 1.57. The number of amides is 1. The first-order chi connectivity index (χ1) is 10.7. The molecule has 0 spiro atoms. The van der Waals surface area contributed by atoms with Gasteiger partial charge < -0.3 is 9.64 Å². The van der Waals surface area contributed by atoms with Crippen LogP contribution >= 0.6 is 0 Å². The number of likely N-dealkylation sites (N-methyl/N-ethyl adjacent to an activating group) is 1. The molecule has 0 aliphatic carbocycles. The van der Waals surface area contributed by atoms with E-state index in [2.05, 4.69) is 36.9 Å². The van der Waals surface area contributed by atoms with Crippen molar-refractivity contribution in [3.8, 4) is 0 Å². The van der Waals surface area contributed by atoms with Crippen LogP contribution in [0.3, 0.4) is 0 Å². The third-order valence-corrected chi connectivity index (χ3v) is 5.02. The van der Waals surface area contributed by atoms with Gasteiger partial charge in [0.2, 0.25) is 0 Å². The Morgan fingerprint density at radius 1 is 1.27 bits per heavy atom. The zero-order valence-corrected chi connectivity index (χ0v) is 13.6. The van der Waals surface area contributed by atoms with Crippen LogP contribution in [-0.4, -0.2) is 47.7 Å². The first-order valence-electron chi connectivity index (χ1n) is 8.47. The molecule has 2 unspecified atom stereocenters. The molecule has 120 valence electrons. The van der Waals surface area contributed by atoms with Crippen molar-refractivity contribution in [3.05, 3.63) is 35.4 Å². The summed E-state index contributed by atoms with van der Waals surface area (Å²) in [5, 5.41) is 0. The van der Waals surface area contributed by atoms with Gasteiger partial charge >= 0.3 is 6.09 Å². The largest absolute Gasteiger partial charge is 0.445 e. The molecule has 1 saturated heterocycles. The van der Waals surface area contributed by atoms with E-state index >= 15 is 0 Å². The zero-order chi connectivity index (χ0) is 15.5. The predicted molar refractivity (Wildman–Crippen MR) is 86.8 cm³/mol. The summed E-state index contributed by atoms with van der Waals surface area (Å²) in [6.07, 6.45) is 2.93. The van der Waals surface area contributed by atoms with Gasteiger partial charge in [-0.05, 0) is 30.5 Å². The smallest absolute Gasteiger partial charge is 0.410 e. The lowest BCUT2D eigenvalue weighted by molar-refractivity contribution is 0.0624. The Bertz CT molecular complexity index is 520. The van der Waals surface area contributed by atoms with Crippen LogP contribution in [0.2, 0.25) is 0 Å². The predicted octanol–water partition coefficient (Wildman–Crippen LogP) is 3.05. The van der Waals surface area contributed by atoms with Gasteiger partial charge in [-0.3, -0.25) is 4.90 Å². The number of likely N-dealkylation sites (tertiary alicyclic amines) is 1. The second kappa shape index (κ2) is 6.69. The number of hydrogen-bond donors (Lipinski definition) is 0. The third kappa shape index (κ3) is 3.12. The zero-order valence-electron chi connectivity index (χ0n) is 13.6. The van der Waals surface area contributed by atoms with E-state index in [4.69, 9.17) is 4.74 Å². The fourth-order valence-corrected chi connectivity index (χ4v) is 3.70. The van der Waals surface area contributed by atoms with Gasteiger partial charge in [0.15, 0.2) is 0 Å². The summed E-state index contributed by atoms with van der Waals surface area (Å²) in [7, 11) is 0. The molecule has 2 heterocycles. The van der Waals surface area contributed by atoms with E-state index < -0.39 is 0 Å². The Hall–Kier alpha value is -1.55. The Morgan fingerprint density at radius 2 is 2.05 bits per heavy atom. The van der Waals surface area contributed by atoms with E-state index in [1.807, 2.05) is 11.0 Å². The van der Waals surface area contributed by atoms with E-state index in [1.54, 1.807) is 0 Å². The van der Waals surface area contributed by atoms with Crippen molar-refractivity contribution in [1.82, 2.24) is 9.80 Å². The average Bonchev–Trinajstić information content (AvgIpc) is 2.96. The minimum atomic E-state index is -0.146. The molecule has 0 N–H and O–H groups in total. The summed E-state index contributed by atoms with van der Waals surface area (Å²) in [6.45, 7) is 7.73. The SMILES string of the molecule is CCC1CC(OC(=O)N2CCc3ccccc3C2)CN1CC. The van der Waals surface area contributed by atoms with Gasteiger partial charge in [0.1, 0.15) is 6.10 Å². The molecule has 22 heavy (non-hydrogen) atoms. The quantitative estimate of drug-likeness (QED) is 0.860. The van der Waals surface area contributed by atoms with Crippen LogP contribution in [0.1, 0.15) is 37.8 Å². The first kappa shape index (κ1) is 15.3. The van der Waals surface area contributed by atoms with E-state index in [-0.39, 0.29) is 12.2 Å². The van der Waals surface area contributed by atoms with E-state index in [0.29, 0.717) is 12.6 Å². The molecule has 0 bridgehead atoms. The van der Waals surface area contributed by atoms with Crippen molar-refractivity contribution in [3.63, 3.8) is 0 Å². The molecule has 1 fully saturated rings. The van der Waals surface area contributed by atoms with Crippen molar-refractivity contribution in [2.75, 3.05) is 19.6 Å². The second-order valence-electron chi connectivity index (χ2n) is 6.33. The standard InChI is InChI=1S/C18H26N2O2/c1-3-16-11-17(13-19(16)4-2)22-18(21)20-10-9-14-7-5-6-8-15(14)12-20/h5-8,16-17H,3-4,9-13H2,1-2H3. The fraction of sp³-hybridized carbons (Fsp3) is 0.611. The summed E-state index contributed by atoms with van der Waals surface area (Å²) in [6, 6.07) is 8.92. The van der Waals surface area contributed by atoms with E-state index in [9.17, 15) is 4.79 Å². The van der Waals surface area contributed by atoms with E-state index in [1.165, 1.54) is 11.1 Å². The monoisotopic (exact) mass is 302 g/mol. The second-order valence-corrected chi connectivity index (χ2v) is 6.33. The molecule has 1 aromatic rings. The molecule has 2 aliphatic rings. The van der Waals surface area contributed by atoms with Crippen LogP contribution in [0.5, 0.6) is 0 Å². The number of rotatable bonds is 3. The van der Waals surface area contributed by atoms with Gasteiger partial charge in [-0.1, -0.05) is 38.1 Å². The molecular formula is C18H26N2O2. The van der Waals surface area contributed by atoms with Crippen molar-refractivity contribution >= 4 is 6.09 Å². The molecule has 1 amide bonds. The van der Waals surface area contributed by atoms with Crippen molar-refractivity contribution < 1.29 is 9.53 Å². The van der Waals surface area contributed by atoms with Crippen LogP contribution < -0.4 is 0 Å². The van der Waals surface area contributed by atoms with Crippen LogP contribution in [0.25, 0.3) is 0 Å². The van der Waals surface area contributed by atoms with Gasteiger partial charge in [-0.15, -0.1) is 0 Å². The maximum Gasteiger partial charge on any atom is 0.410 e. The number of ether oxygens (including phenoxy) is 1. The minimum absolute atomic E-state index is 0.0505. The van der Waals surface area contributed by atoms with Crippen molar-refractivity contribution in [2.45, 2.75) is 51.8 Å². The topological polar surface area (TPSA) is 32.8 Å². The van der Waals surface area contributed by atoms with Crippen LogP contribution in [-0.2, 0) is 17.7 Å². The van der Waals surface area contributed by atoms with Gasteiger partial charge in [-0.2, -0.15) is 0 Å². The number of nitrogens with zero attached hydrogens (tertiary/aromatic N) is 2. The maximum atomic E-state index is 12.4. The molecule has 4 nitrogen and oxygen atoms in total. The highest BCUT2D eigenvalue weighted by molar-refractivity contribution is 5.68. The number of carbonyl (C=O) groups excluding carboxylic acids is 1. The van der Waals surface area contributed by atoms with Gasteiger partial charge in [-0.25, -0.2) is 4.79 Å². The van der Waals surface area contributed by atoms with Gasteiger partial charge in [0, 0.05) is 32.1 Å². The Labute approximate surface area is 133 Å². The lowest BCUT2D eigenvalue weighted by atomic mass is 10.0. The van der Waals surface area contributed by atoms with Gasteiger partial charge in [0.05, 0.1) is 0 Å². The number of carbonyl (C=O) groups is 1. The highest BCUT2D eigenvalue weighted by atomic mass is 16.6. The summed E-state index contributed by atoms with van der Waals surface area (Å²) >= 11 is 0. The first-order valence-corrected chi connectivity index (χ1v) is 8.47. The molecule has 1 aromatic carbocycles. The van der Waals surface area contributed by atoms with Crippen LogP contribution in [0.4, 0.5) is 4.79 Å². The lowest BCUT2D eigenvalue weighted by Gasteiger charge is -2.29. The van der Waals surface area contributed by atoms with Crippen molar-refractivity contribution in [2.24, 2.45) is 0 Å². The summed E-state index contributed by atoms with van der Waals surface area (Å²) in [5.41, 5.74) is 2.61.